The highest BCUT2D eigenvalue weighted by Gasteiger charge is 2.21. The molecule has 35 heavy (non-hydrogen) atoms. The van der Waals surface area contributed by atoms with Crippen LogP contribution in [0.15, 0.2) is 72.8 Å². The Bertz CT molecular complexity index is 1270. The predicted octanol–water partition coefficient (Wildman–Crippen LogP) is 4.32. The van der Waals surface area contributed by atoms with E-state index in [1.807, 2.05) is 12.1 Å². The Morgan fingerprint density at radius 2 is 1.63 bits per heavy atom. The molecule has 1 heterocycles. The number of nitrogens with one attached hydrogen (secondary N) is 1. The number of anilines is 1. The van der Waals surface area contributed by atoms with Gasteiger partial charge in [0.15, 0.2) is 0 Å². The Kier molecular flexibility index (Phi) is 7.83. The van der Waals surface area contributed by atoms with Crippen molar-refractivity contribution in [2.45, 2.75) is 32.5 Å². The van der Waals surface area contributed by atoms with Crippen LogP contribution >= 0.6 is 0 Å². The summed E-state index contributed by atoms with van der Waals surface area (Å²) >= 11 is 0. The topological polar surface area (TPSA) is 69.7 Å². The van der Waals surface area contributed by atoms with Crippen LogP contribution in [0.4, 0.5) is 10.1 Å². The summed E-state index contributed by atoms with van der Waals surface area (Å²) in [6, 6.07) is 20.7. The first-order chi connectivity index (χ1) is 16.8. The maximum Gasteiger partial charge on any atom is 0.251 e. The van der Waals surface area contributed by atoms with Crippen molar-refractivity contribution in [3.63, 3.8) is 0 Å². The summed E-state index contributed by atoms with van der Waals surface area (Å²) in [5.74, 6) is -0.825. The number of benzene rings is 3. The van der Waals surface area contributed by atoms with Gasteiger partial charge in [-0.1, -0.05) is 48.5 Å². The maximum atomic E-state index is 14.2. The van der Waals surface area contributed by atoms with E-state index in [2.05, 4.69) is 22.3 Å². The normalized spacial score (nSPS) is 14.1. The fourth-order valence-electron chi connectivity index (χ4n) is 4.28. The maximum absolute atomic E-state index is 14.2. The fourth-order valence-corrected chi connectivity index (χ4v) is 5.17. The number of sulfonamides is 1. The van der Waals surface area contributed by atoms with Crippen molar-refractivity contribution < 1.29 is 17.6 Å². The van der Waals surface area contributed by atoms with E-state index in [4.69, 9.17) is 0 Å². The monoisotopic (exact) mass is 495 g/mol. The third kappa shape index (κ3) is 6.68. The average Bonchev–Trinajstić information content (AvgIpc) is 3.34. The molecule has 6 nitrogen and oxygen atoms in total. The lowest BCUT2D eigenvalue weighted by Crippen LogP contribution is -2.30. The molecular formula is C27H30FN3O3S. The molecule has 3 aromatic rings. The zero-order valence-corrected chi connectivity index (χ0v) is 20.6. The fraction of sp³-hybridized carbons (Fsp3) is 0.296. The van der Waals surface area contributed by atoms with Crippen molar-refractivity contribution in [3.8, 4) is 0 Å². The SMILES string of the molecule is CS(=O)(=O)N(Cc1ccc(C(=O)NCc2cccc(CN3CCCC3)c2)cc1)c1ccccc1F. The number of nitrogens with zero attached hydrogens (tertiary/aromatic N) is 2. The van der Waals surface area contributed by atoms with Crippen LogP contribution in [0.5, 0.6) is 0 Å². The molecule has 0 spiro atoms. The number of carbonyl (C=O) groups is 1. The lowest BCUT2D eigenvalue weighted by molar-refractivity contribution is 0.0951. The quantitative estimate of drug-likeness (QED) is 0.480. The van der Waals surface area contributed by atoms with Gasteiger partial charge in [0.2, 0.25) is 10.0 Å². The van der Waals surface area contributed by atoms with Crippen LogP contribution in [-0.4, -0.2) is 38.6 Å². The Labute approximate surface area is 206 Å². The lowest BCUT2D eigenvalue weighted by Gasteiger charge is -2.23. The molecule has 8 heteroatoms. The van der Waals surface area contributed by atoms with Gasteiger partial charge >= 0.3 is 0 Å². The van der Waals surface area contributed by atoms with E-state index in [1.165, 1.54) is 36.6 Å². The molecule has 1 aliphatic rings. The van der Waals surface area contributed by atoms with Gasteiger partial charge in [-0.2, -0.15) is 0 Å². The Hall–Kier alpha value is -3.23. The van der Waals surface area contributed by atoms with Crippen LogP contribution in [0.25, 0.3) is 0 Å². The van der Waals surface area contributed by atoms with Crippen molar-refractivity contribution in [1.82, 2.24) is 10.2 Å². The van der Waals surface area contributed by atoms with Crippen LogP contribution < -0.4 is 9.62 Å². The van der Waals surface area contributed by atoms with Crippen molar-refractivity contribution in [2.75, 3.05) is 23.7 Å². The molecule has 0 saturated carbocycles. The van der Waals surface area contributed by atoms with Crippen molar-refractivity contribution in [3.05, 3.63) is 101 Å². The summed E-state index contributed by atoms with van der Waals surface area (Å²) < 4.78 is 39.8. The lowest BCUT2D eigenvalue weighted by atomic mass is 10.1. The molecule has 1 N–H and O–H groups in total. The number of para-hydroxylation sites is 1. The van der Waals surface area contributed by atoms with Crippen molar-refractivity contribution in [2.24, 2.45) is 0 Å². The standard InChI is InChI=1S/C27H30FN3O3S/c1-35(33,34)31(26-10-3-2-9-25(26)28)20-21-11-13-24(14-12-21)27(32)29-18-22-7-6-8-23(17-22)19-30-15-4-5-16-30/h2-3,6-14,17H,4-5,15-16,18-20H2,1H3,(H,29,32). The number of hydrogen-bond acceptors (Lipinski definition) is 4. The molecule has 0 unspecified atom stereocenters. The first kappa shape index (κ1) is 24.9. The third-order valence-electron chi connectivity index (χ3n) is 6.11. The molecule has 3 aromatic carbocycles. The smallest absolute Gasteiger partial charge is 0.251 e. The summed E-state index contributed by atoms with van der Waals surface area (Å²) in [7, 11) is -3.70. The van der Waals surface area contributed by atoms with Gasteiger partial charge in [-0.25, -0.2) is 12.8 Å². The largest absolute Gasteiger partial charge is 0.348 e. The van der Waals surface area contributed by atoms with Crippen LogP contribution in [0, 0.1) is 5.82 Å². The summed E-state index contributed by atoms with van der Waals surface area (Å²) in [5.41, 5.74) is 3.39. The van der Waals surface area contributed by atoms with Crippen LogP contribution in [0.2, 0.25) is 0 Å². The molecule has 0 aromatic heterocycles. The molecule has 184 valence electrons. The van der Waals surface area contributed by atoms with E-state index < -0.39 is 15.8 Å². The highest BCUT2D eigenvalue weighted by Crippen LogP contribution is 2.24. The van der Waals surface area contributed by atoms with E-state index in [-0.39, 0.29) is 18.1 Å². The second kappa shape index (κ2) is 11.0. The van der Waals surface area contributed by atoms with Gasteiger partial charge in [0.05, 0.1) is 18.5 Å². The average molecular weight is 496 g/mol. The molecule has 1 aliphatic heterocycles. The minimum atomic E-state index is -3.70. The van der Waals surface area contributed by atoms with E-state index in [9.17, 15) is 17.6 Å². The number of rotatable bonds is 9. The molecule has 0 radical (unpaired) electrons. The summed E-state index contributed by atoms with van der Waals surface area (Å²) in [6.45, 7) is 3.59. The van der Waals surface area contributed by atoms with Crippen molar-refractivity contribution >= 4 is 21.6 Å². The molecule has 0 atom stereocenters. The zero-order valence-electron chi connectivity index (χ0n) is 19.8. The summed E-state index contributed by atoms with van der Waals surface area (Å²) in [4.78, 5) is 15.1. The van der Waals surface area contributed by atoms with Gasteiger partial charge in [-0.05, 0) is 66.9 Å². The van der Waals surface area contributed by atoms with E-state index >= 15 is 0 Å². The number of hydrogen-bond donors (Lipinski definition) is 1. The van der Waals surface area contributed by atoms with E-state index in [1.54, 1.807) is 30.3 Å². The zero-order chi connectivity index (χ0) is 24.8. The molecule has 1 saturated heterocycles. The Morgan fingerprint density at radius 3 is 2.31 bits per heavy atom. The molecular weight excluding hydrogens is 465 g/mol. The molecule has 1 fully saturated rings. The van der Waals surface area contributed by atoms with Crippen LogP contribution in [-0.2, 0) is 29.7 Å². The Morgan fingerprint density at radius 1 is 0.943 bits per heavy atom. The van der Waals surface area contributed by atoms with Gasteiger partial charge in [-0.3, -0.25) is 14.0 Å². The van der Waals surface area contributed by atoms with Crippen LogP contribution in [0.3, 0.4) is 0 Å². The predicted molar refractivity (Wildman–Crippen MR) is 136 cm³/mol. The summed E-state index contributed by atoms with van der Waals surface area (Å²) in [5, 5.41) is 2.95. The van der Waals surface area contributed by atoms with Gasteiger partial charge in [0.1, 0.15) is 5.82 Å². The van der Waals surface area contributed by atoms with Gasteiger partial charge in [-0.15, -0.1) is 0 Å². The molecule has 0 aliphatic carbocycles. The van der Waals surface area contributed by atoms with E-state index in [0.29, 0.717) is 17.7 Å². The number of likely N-dealkylation sites (tertiary alicyclic amines) is 1. The number of carbonyl (C=O) groups excluding carboxylic acids is 1. The third-order valence-corrected chi connectivity index (χ3v) is 7.24. The highest BCUT2D eigenvalue weighted by atomic mass is 32.2. The number of amides is 1. The molecule has 4 rings (SSSR count). The molecule has 1 amide bonds. The van der Waals surface area contributed by atoms with Gasteiger partial charge < -0.3 is 5.32 Å². The minimum absolute atomic E-state index is 0.0104. The van der Waals surface area contributed by atoms with Gasteiger partial charge in [0.25, 0.3) is 5.91 Å². The van der Waals surface area contributed by atoms with Gasteiger partial charge in [0, 0.05) is 18.7 Å². The Balaban J connectivity index is 1.37. The molecule has 0 bridgehead atoms. The summed E-state index contributed by atoms with van der Waals surface area (Å²) in [6.07, 6.45) is 3.55. The first-order valence-electron chi connectivity index (χ1n) is 11.7. The minimum Gasteiger partial charge on any atom is -0.348 e. The number of halogens is 1. The first-order valence-corrected chi connectivity index (χ1v) is 13.5. The second-order valence-electron chi connectivity index (χ2n) is 8.90. The second-order valence-corrected chi connectivity index (χ2v) is 10.8. The highest BCUT2D eigenvalue weighted by molar-refractivity contribution is 7.92. The van der Waals surface area contributed by atoms with Crippen LogP contribution in [0.1, 0.15) is 39.9 Å². The van der Waals surface area contributed by atoms with Crippen molar-refractivity contribution in [1.29, 1.82) is 0 Å². The van der Waals surface area contributed by atoms with E-state index in [0.717, 1.165) is 35.8 Å².